The van der Waals surface area contributed by atoms with E-state index in [0.29, 0.717) is 0 Å². The lowest BCUT2D eigenvalue weighted by Gasteiger charge is -2.01. The second-order valence-electron chi connectivity index (χ2n) is 2.58. The molecule has 76 valence electrons. The molecule has 0 atom stereocenters. The zero-order chi connectivity index (χ0) is 10.7. The number of hydrogen-bond acceptors (Lipinski definition) is 6. The van der Waals surface area contributed by atoms with Crippen LogP contribution in [0.5, 0.6) is 0 Å². The maximum Gasteiger partial charge on any atom is 0.359 e. The van der Waals surface area contributed by atoms with E-state index in [-0.39, 0.29) is 17.3 Å². The summed E-state index contributed by atoms with van der Waals surface area (Å²) in [7, 11) is 1.27. The Morgan fingerprint density at radius 1 is 1.27 bits per heavy atom. The third-order valence-electron chi connectivity index (χ3n) is 1.71. The highest BCUT2D eigenvalue weighted by molar-refractivity contribution is 5.92. The van der Waals surface area contributed by atoms with Crippen molar-refractivity contribution in [1.82, 2.24) is 15.0 Å². The fourth-order valence-corrected chi connectivity index (χ4v) is 1.08. The molecular weight excluding hydrogens is 198 g/mol. The zero-order valence-corrected chi connectivity index (χ0v) is 7.88. The number of esters is 1. The first-order chi connectivity index (χ1) is 7.33. The van der Waals surface area contributed by atoms with Gasteiger partial charge in [0.25, 0.3) is 0 Å². The van der Waals surface area contributed by atoms with Crippen LogP contribution in [-0.2, 0) is 4.74 Å². The molecule has 0 saturated heterocycles. The maximum atomic E-state index is 11.3. The molecule has 0 bridgehead atoms. The van der Waals surface area contributed by atoms with Crippen LogP contribution in [-0.4, -0.2) is 28.0 Å². The van der Waals surface area contributed by atoms with E-state index in [1.54, 1.807) is 0 Å². The Morgan fingerprint density at radius 2 is 2.07 bits per heavy atom. The number of methoxy groups -OCH3 is 1. The van der Waals surface area contributed by atoms with Crippen molar-refractivity contribution in [3.8, 4) is 11.6 Å². The standard InChI is InChI=1S/C9H7N3O3/c1-14-9(13)7-6(10-2-3-11-7)8-12-4-5-15-8/h2-5H,1H3. The highest BCUT2D eigenvalue weighted by Crippen LogP contribution is 2.17. The van der Waals surface area contributed by atoms with Gasteiger partial charge in [0, 0.05) is 12.4 Å². The summed E-state index contributed by atoms with van der Waals surface area (Å²) in [5.41, 5.74) is 0.358. The van der Waals surface area contributed by atoms with Gasteiger partial charge in [0.2, 0.25) is 5.89 Å². The van der Waals surface area contributed by atoms with Crippen molar-refractivity contribution in [1.29, 1.82) is 0 Å². The molecule has 0 fully saturated rings. The van der Waals surface area contributed by atoms with Crippen LogP contribution in [0.4, 0.5) is 0 Å². The lowest BCUT2D eigenvalue weighted by atomic mass is 10.3. The summed E-state index contributed by atoms with van der Waals surface area (Å²) in [6, 6.07) is 0. The van der Waals surface area contributed by atoms with Gasteiger partial charge in [0.05, 0.1) is 13.3 Å². The number of rotatable bonds is 2. The molecule has 6 heteroatoms. The van der Waals surface area contributed by atoms with Crippen molar-refractivity contribution < 1.29 is 13.9 Å². The van der Waals surface area contributed by atoms with E-state index in [1.165, 1.54) is 32.0 Å². The first-order valence-electron chi connectivity index (χ1n) is 4.12. The molecule has 0 amide bonds. The summed E-state index contributed by atoms with van der Waals surface area (Å²) in [6.07, 6.45) is 5.71. The average Bonchev–Trinajstić information content (AvgIpc) is 2.81. The van der Waals surface area contributed by atoms with Crippen LogP contribution in [0.3, 0.4) is 0 Å². The Labute approximate surface area is 84.9 Å². The summed E-state index contributed by atoms with van der Waals surface area (Å²) in [4.78, 5) is 23.1. The van der Waals surface area contributed by atoms with Crippen LogP contribution in [0.15, 0.2) is 29.3 Å². The lowest BCUT2D eigenvalue weighted by Crippen LogP contribution is -2.07. The predicted octanol–water partition coefficient (Wildman–Crippen LogP) is 0.918. The van der Waals surface area contributed by atoms with Gasteiger partial charge in [0.1, 0.15) is 6.26 Å². The van der Waals surface area contributed by atoms with Crippen LogP contribution in [0.25, 0.3) is 11.6 Å². The SMILES string of the molecule is COC(=O)c1nccnc1-c1ncco1. The topological polar surface area (TPSA) is 78.1 Å². The molecular formula is C9H7N3O3. The van der Waals surface area contributed by atoms with Gasteiger partial charge in [-0.2, -0.15) is 0 Å². The molecule has 2 heterocycles. The normalized spacial score (nSPS) is 9.93. The second kappa shape index (κ2) is 3.87. The molecule has 15 heavy (non-hydrogen) atoms. The maximum absolute atomic E-state index is 11.3. The third kappa shape index (κ3) is 1.69. The Kier molecular flexibility index (Phi) is 2.40. The summed E-state index contributed by atoms with van der Waals surface area (Å²) in [5.74, 6) is -0.334. The van der Waals surface area contributed by atoms with Crippen molar-refractivity contribution in [3.05, 3.63) is 30.5 Å². The van der Waals surface area contributed by atoms with Crippen molar-refractivity contribution in [2.45, 2.75) is 0 Å². The summed E-state index contributed by atoms with van der Waals surface area (Å²) < 4.78 is 9.60. The molecule has 2 rings (SSSR count). The molecule has 0 aliphatic carbocycles. The third-order valence-corrected chi connectivity index (χ3v) is 1.71. The van der Waals surface area contributed by atoms with Crippen molar-refractivity contribution in [2.24, 2.45) is 0 Å². The van der Waals surface area contributed by atoms with Crippen LogP contribution in [0.1, 0.15) is 10.5 Å². The Hall–Kier alpha value is -2.24. The minimum Gasteiger partial charge on any atom is -0.464 e. The second-order valence-corrected chi connectivity index (χ2v) is 2.58. The number of oxazole rings is 1. The zero-order valence-electron chi connectivity index (χ0n) is 7.88. The van der Waals surface area contributed by atoms with Crippen LogP contribution < -0.4 is 0 Å². The van der Waals surface area contributed by atoms with Gasteiger partial charge in [-0.15, -0.1) is 0 Å². The molecule has 0 aliphatic heterocycles. The van der Waals surface area contributed by atoms with Gasteiger partial charge in [-0.1, -0.05) is 0 Å². The van der Waals surface area contributed by atoms with E-state index >= 15 is 0 Å². The Bertz CT molecular complexity index is 467. The molecule has 0 aliphatic rings. The average molecular weight is 205 g/mol. The first-order valence-corrected chi connectivity index (χ1v) is 4.12. The van der Waals surface area contributed by atoms with E-state index in [1.807, 2.05) is 0 Å². The minimum atomic E-state index is -0.573. The number of carbonyl (C=O) groups excluding carboxylic acids is 1. The van der Waals surface area contributed by atoms with Crippen molar-refractivity contribution in [3.63, 3.8) is 0 Å². The molecule has 0 saturated carbocycles. The van der Waals surface area contributed by atoms with Crippen molar-refractivity contribution in [2.75, 3.05) is 7.11 Å². The van der Waals surface area contributed by atoms with E-state index in [2.05, 4.69) is 19.7 Å². The monoisotopic (exact) mass is 205 g/mol. The smallest absolute Gasteiger partial charge is 0.359 e. The minimum absolute atomic E-state index is 0.0856. The Morgan fingerprint density at radius 3 is 2.73 bits per heavy atom. The molecule has 0 N–H and O–H groups in total. The molecule has 0 unspecified atom stereocenters. The number of hydrogen-bond donors (Lipinski definition) is 0. The van der Waals surface area contributed by atoms with Crippen LogP contribution >= 0.6 is 0 Å². The van der Waals surface area contributed by atoms with E-state index < -0.39 is 5.97 Å². The first kappa shape index (κ1) is 9.32. The Balaban J connectivity index is 2.52. The van der Waals surface area contributed by atoms with Crippen LogP contribution in [0.2, 0.25) is 0 Å². The molecule has 2 aromatic rings. The molecule has 2 aromatic heterocycles. The van der Waals surface area contributed by atoms with E-state index in [9.17, 15) is 4.79 Å². The fourth-order valence-electron chi connectivity index (χ4n) is 1.08. The van der Waals surface area contributed by atoms with Gasteiger partial charge in [-0.25, -0.2) is 19.7 Å². The van der Waals surface area contributed by atoms with E-state index in [0.717, 1.165) is 0 Å². The molecule has 0 radical (unpaired) electrons. The summed E-state index contributed by atoms with van der Waals surface area (Å²) in [6.45, 7) is 0. The summed E-state index contributed by atoms with van der Waals surface area (Å²) >= 11 is 0. The number of nitrogens with zero attached hydrogens (tertiary/aromatic N) is 3. The number of aromatic nitrogens is 3. The van der Waals surface area contributed by atoms with E-state index in [4.69, 9.17) is 4.42 Å². The lowest BCUT2D eigenvalue weighted by molar-refractivity contribution is 0.0594. The van der Waals surface area contributed by atoms with Crippen LogP contribution in [0, 0.1) is 0 Å². The van der Waals surface area contributed by atoms with Gasteiger partial charge >= 0.3 is 5.97 Å². The molecule has 6 nitrogen and oxygen atoms in total. The fraction of sp³-hybridized carbons (Fsp3) is 0.111. The molecule has 0 aromatic carbocycles. The highest BCUT2D eigenvalue weighted by Gasteiger charge is 2.18. The van der Waals surface area contributed by atoms with Crippen molar-refractivity contribution >= 4 is 5.97 Å². The number of carbonyl (C=O) groups is 1. The number of ether oxygens (including phenoxy) is 1. The largest absolute Gasteiger partial charge is 0.464 e. The summed E-state index contributed by atoms with van der Waals surface area (Å²) in [5, 5.41) is 0. The predicted molar refractivity (Wildman–Crippen MR) is 48.9 cm³/mol. The van der Waals surface area contributed by atoms with Gasteiger partial charge in [-0.3, -0.25) is 0 Å². The van der Waals surface area contributed by atoms with Gasteiger partial charge < -0.3 is 9.15 Å². The van der Waals surface area contributed by atoms with Gasteiger partial charge in [0.15, 0.2) is 11.4 Å². The quantitative estimate of drug-likeness (QED) is 0.678. The van der Waals surface area contributed by atoms with Gasteiger partial charge in [-0.05, 0) is 0 Å². The molecule has 0 spiro atoms. The highest BCUT2D eigenvalue weighted by atomic mass is 16.5.